The lowest BCUT2D eigenvalue weighted by atomic mass is 10.1. The maximum atomic E-state index is 12.8. The molecule has 0 unspecified atom stereocenters. The van der Waals surface area contributed by atoms with Crippen molar-refractivity contribution in [3.05, 3.63) is 72.2 Å². The highest BCUT2D eigenvalue weighted by Crippen LogP contribution is 2.17. The molecule has 1 N–H and O–H groups in total. The van der Waals surface area contributed by atoms with Crippen LogP contribution in [0.2, 0.25) is 0 Å². The number of ketones is 1. The zero-order valence-electron chi connectivity index (χ0n) is 11.7. The minimum absolute atomic E-state index is 0.191. The lowest BCUT2D eigenvalue weighted by molar-refractivity contribution is 0.104. The quantitative estimate of drug-likeness (QED) is 0.643. The molecule has 108 valence electrons. The van der Waals surface area contributed by atoms with E-state index in [0.717, 1.165) is 11.4 Å². The number of allylic oxidation sites excluding steroid dienone is 1. The molecule has 2 aromatic carbocycles. The molecule has 0 aliphatic rings. The van der Waals surface area contributed by atoms with E-state index in [1.807, 2.05) is 31.2 Å². The summed E-state index contributed by atoms with van der Waals surface area (Å²) in [6, 6.07) is 12.9. The van der Waals surface area contributed by atoms with Crippen molar-refractivity contribution in [1.82, 2.24) is 0 Å². The van der Waals surface area contributed by atoms with Gasteiger partial charge in [0.2, 0.25) is 0 Å². The second-order valence-corrected chi connectivity index (χ2v) is 4.31. The second kappa shape index (κ2) is 7.24. The van der Waals surface area contributed by atoms with Crippen LogP contribution in [0.3, 0.4) is 0 Å². The van der Waals surface area contributed by atoms with Gasteiger partial charge in [0.05, 0.1) is 6.61 Å². The number of hydrogen-bond acceptors (Lipinski definition) is 3. The van der Waals surface area contributed by atoms with E-state index in [2.05, 4.69) is 5.32 Å². The number of halogens is 1. The van der Waals surface area contributed by atoms with Crippen molar-refractivity contribution in [2.75, 3.05) is 11.9 Å². The van der Waals surface area contributed by atoms with Gasteiger partial charge in [0.1, 0.15) is 11.6 Å². The average Bonchev–Trinajstić information content (AvgIpc) is 2.48. The number of carbonyl (C=O) groups excluding carboxylic acids is 1. The molecule has 0 heterocycles. The third kappa shape index (κ3) is 4.45. The van der Waals surface area contributed by atoms with E-state index in [1.165, 1.54) is 30.3 Å². The van der Waals surface area contributed by atoms with Crippen LogP contribution < -0.4 is 10.1 Å². The lowest BCUT2D eigenvalue weighted by Gasteiger charge is -2.05. The fourth-order valence-corrected chi connectivity index (χ4v) is 1.77. The Kier molecular flexibility index (Phi) is 5.10. The Morgan fingerprint density at radius 3 is 2.71 bits per heavy atom. The predicted octanol–water partition coefficient (Wildman–Crippen LogP) is 4.03. The highest BCUT2D eigenvalue weighted by Gasteiger charge is 2.01. The van der Waals surface area contributed by atoms with Gasteiger partial charge >= 0.3 is 0 Å². The number of rotatable bonds is 6. The maximum absolute atomic E-state index is 12.8. The monoisotopic (exact) mass is 285 g/mol. The van der Waals surface area contributed by atoms with Crippen molar-refractivity contribution in [2.24, 2.45) is 0 Å². The molecule has 4 heteroatoms. The van der Waals surface area contributed by atoms with E-state index >= 15 is 0 Å². The molecule has 0 aliphatic heterocycles. The van der Waals surface area contributed by atoms with Crippen molar-refractivity contribution < 1.29 is 13.9 Å². The van der Waals surface area contributed by atoms with Gasteiger partial charge in [-0.25, -0.2) is 4.39 Å². The lowest BCUT2D eigenvalue weighted by Crippen LogP contribution is -1.97. The smallest absolute Gasteiger partial charge is 0.187 e. The molecule has 3 nitrogen and oxygen atoms in total. The van der Waals surface area contributed by atoms with E-state index in [1.54, 1.807) is 6.20 Å². The Bertz CT molecular complexity index is 635. The van der Waals surface area contributed by atoms with Gasteiger partial charge in [0.25, 0.3) is 0 Å². The molecule has 2 aromatic rings. The van der Waals surface area contributed by atoms with E-state index < -0.39 is 0 Å². The van der Waals surface area contributed by atoms with E-state index in [9.17, 15) is 9.18 Å². The Labute approximate surface area is 123 Å². The predicted molar refractivity (Wildman–Crippen MR) is 81.1 cm³/mol. The number of hydrogen-bond donors (Lipinski definition) is 1. The highest BCUT2D eigenvalue weighted by molar-refractivity contribution is 6.04. The molecule has 0 saturated carbocycles. The van der Waals surface area contributed by atoms with Crippen LogP contribution in [0.15, 0.2) is 60.8 Å². The minimum atomic E-state index is -0.360. The number of nitrogens with one attached hydrogen (secondary N) is 1. The third-order valence-corrected chi connectivity index (χ3v) is 2.76. The molecule has 21 heavy (non-hydrogen) atoms. The molecule has 0 saturated heterocycles. The fourth-order valence-electron chi connectivity index (χ4n) is 1.77. The Hall–Kier alpha value is -2.62. The van der Waals surface area contributed by atoms with Crippen LogP contribution >= 0.6 is 0 Å². The highest BCUT2D eigenvalue weighted by atomic mass is 19.1. The largest absolute Gasteiger partial charge is 0.494 e. The average molecular weight is 285 g/mol. The van der Waals surface area contributed by atoms with Crippen LogP contribution in [0.25, 0.3) is 0 Å². The van der Waals surface area contributed by atoms with Gasteiger partial charge in [0.15, 0.2) is 5.78 Å². The zero-order valence-corrected chi connectivity index (χ0v) is 11.7. The van der Waals surface area contributed by atoms with Crippen LogP contribution in [0.5, 0.6) is 5.75 Å². The van der Waals surface area contributed by atoms with Gasteiger partial charge in [-0.15, -0.1) is 0 Å². The summed E-state index contributed by atoms with van der Waals surface area (Å²) in [6.45, 7) is 2.52. The maximum Gasteiger partial charge on any atom is 0.187 e. The van der Waals surface area contributed by atoms with Gasteiger partial charge in [-0.3, -0.25) is 4.79 Å². The number of benzene rings is 2. The van der Waals surface area contributed by atoms with Crippen molar-refractivity contribution in [2.45, 2.75) is 6.92 Å². The van der Waals surface area contributed by atoms with Gasteiger partial charge in [-0.1, -0.05) is 6.07 Å². The van der Waals surface area contributed by atoms with Crippen LogP contribution in [-0.2, 0) is 0 Å². The van der Waals surface area contributed by atoms with Crippen LogP contribution in [-0.4, -0.2) is 12.4 Å². The summed E-state index contributed by atoms with van der Waals surface area (Å²) in [4.78, 5) is 11.8. The summed E-state index contributed by atoms with van der Waals surface area (Å²) in [5.41, 5.74) is 1.27. The zero-order chi connectivity index (χ0) is 15.1. The standard InChI is InChI=1S/C17H16FNO2/c1-2-21-16-5-3-4-15(12-16)19-11-10-17(20)13-6-8-14(18)9-7-13/h3-12,19H,2H2,1H3. The van der Waals surface area contributed by atoms with Crippen LogP contribution in [0.4, 0.5) is 10.1 Å². The molecule has 0 aromatic heterocycles. The first-order valence-electron chi connectivity index (χ1n) is 6.65. The van der Waals surface area contributed by atoms with Crippen molar-refractivity contribution in [3.8, 4) is 5.75 Å². The molecule has 0 bridgehead atoms. The third-order valence-electron chi connectivity index (χ3n) is 2.76. The van der Waals surface area contributed by atoms with Gasteiger partial charge in [-0.05, 0) is 43.3 Å². The number of carbonyl (C=O) groups is 1. The van der Waals surface area contributed by atoms with Gasteiger partial charge in [0, 0.05) is 29.6 Å². The van der Waals surface area contributed by atoms with Gasteiger partial charge < -0.3 is 10.1 Å². The Morgan fingerprint density at radius 2 is 2.00 bits per heavy atom. The summed E-state index contributed by atoms with van der Waals surface area (Å²) in [5.74, 6) is 0.214. The normalized spacial score (nSPS) is 10.6. The van der Waals surface area contributed by atoms with Gasteiger partial charge in [-0.2, -0.15) is 0 Å². The summed E-state index contributed by atoms with van der Waals surface area (Å²) < 4.78 is 18.2. The summed E-state index contributed by atoms with van der Waals surface area (Å²) in [7, 11) is 0. The second-order valence-electron chi connectivity index (χ2n) is 4.31. The van der Waals surface area contributed by atoms with Crippen molar-refractivity contribution >= 4 is 11.5 Å². The molecule has 2 rings (SSSR count). The Balaban J connectivity index is 1.97. The molecule has 0 spiro atoms. The SMILES string of the molecule is CCOc1cccc(NC=CC(=O)c2ccc(F)cc2)c1. The molecule has 0 aliphatic carbocycles. The van der Waals surface area contributed by atoms with E-state index in [4.69, 9.17) is 4.74 Å². The summed E-state index contributed by atoms with van der Waals surface area (Å²) >= 11 is 0. The minimum Gasteiger partial charge on any atom is -0.494 e. The van der Waals surface area contributed by atoms with E-state index in [0.29, 0.717) is 12.2 Å². The number of ether oxygens (including phenoxy) is 1. The van der Waals surface area contributed by atoms with Crippen molar-refractivity contribution in [1.29, 1.82) is 0 Å². The molecule has 0 radical (unpaired) electrons. The van der Waals surface area contributed by atoms with Crippen molar-refractivity contribution in [3.63, 3.8) is 0 Å². The molecule has 0 atom stereocenters. The summed E-state index contributed by atoms with van der Waals surface area (Å²) in [6.07, 6.45) is 2.96. The first-order valence-corrected chi connectivity index (χ1v) is 6.65. The Morgan fingerprint density at radius 1 is 1.24 bits per heavy atom. The molecule has 0 fully saturated rings. The topological polar surface area (TPSA) is 38.3 Å². The molecule has 0 amide bonds. The fraction of sp³-hybridized carbons (Fsp3) is 0.118. The number of anilines is 1. The molecular formula is C17H16FNO2. The van der Waals surface area contributed by atoms with Crippen LogP contribution in [0, 0.1) is 5.82 Å². The molecular weight excluding hydrogens is 269 g/mol. The first kappa shape index (κ1) is 14.8. The van der Waals surface area contributed by atoms with E-state index in [-0.39, 0.29) is 11.6 Å². The van der Waals surface area contributed by atoms with Crippen LogP contribution in [0.1, 0.15) is 17.3 Å². The first-order chi connectivity index (χ1) is 10.2. The summed E-state index contributed by atoms with van der Waals surface area (Å²) in [5, 5.41) is 3.00.